The first-order valence-electron chi connectivity index (χ1n) is 4.36. The number of aromatic hydroxyl groups is 1. The summed E-state index contributed by atoms with van der Waals surface area (Å²) in [6.45, 7) is 4.08. The summed E-state index contributed by atoms with van der Waals surface area (Å²) in [5.74, 6) is 0.455. The predicted octanol–water partition coefficient (Wildman–Crippen LogP) is 1.63. The van der Waals surface area contributed by atoms with Crippen LogP contribution in [0.4, 0.5) is 5.69 Å². The molecule has 0 bridgehead atoms. The first-order valence-corrected chi connectivity index (χ1v) is 4.36. The van der Waals surface area contributed by atoms with Gasteiger partial charge in [0, 0.05) is 6.04 Å². The van der Waals surface area contributed by atoms with Crippen LogP contribution in [0.3, 0.4) is 0 Å². The van der Waals surface area contributed by atoms with E-state index in [1.807, 2.05) is 19.9 Å². The lowest BCUT2D eigenvalue weighted by molar-refractivity contribution is 0.471. The van der Waals surface area contributed by atoms with E-state index < -0.39 is 0 Å². The summed E-state index contributed by atoms with van der Waals surface area (Å²) in [6, 6.07) is 5.10. The van der Waals surface area contributed by atoms with Gasteiger partial charge in [0.1, 0.15) is 5.75 Å². The number of rotatable bonds is 2. The SMILES string of the molecule is CC(C)[C@H](N)c1ccc(N)c(O)c1. The van der Waals surface area contributed by atoms with E-state index in [1.165, 1.54) is 0 Å². The zero-order valence-electron chi connectivity index (χ0n) is 7.99. The molecule has 72 valence electrons. The van der Waals surface area contributed by atoms with Gasteiger partial charge in [0.05, 0.1) is 5.69 Å². The third-order valence-electron chi connectivity index (χ3n) is 2.16. The first-order chi connectivity index (χ1) is 6.02. The van der Waals surface area contributed by atoms with Crippen LogP contribution in [-0.4, -0.2) is 5.11 Å². The molecule has 0 aliphatic rings. The third-order valence-corrected chi connectivity index (χ3v) is 2.16. The number of nitrogens with two attached hydrogens (primary N) is 2. The average molecular weight is 180 g/mol. The van der Waals surface area contributed by atoms with Gasteiger partial charge in [-0.2, -0.15) is 0 Å². The van der Waals surface area contributed by atoms with E-state index in [0.717, 1.165) is 5.56 Å². The van der Waals surface area contributed by atoms with Crippen LogP contribution in [-0.2, 0) is 0 Å². The Labute approximate surface area is 78.4 Å². The van der Waals surface area contributed by atoms with Gasteiger partial charge >= 0.3 is 0 Å². The number of phenolic OH excluding ortho intramolecular Hbond substituents is 1. The maximum Gasteiger partial charge on any atom is 0.138 e. The lowest BCUT2D eigenvalue weighted by atomic mass is 9.97. The van der Waals surface area contributed by atoms with E-state index >= 15 is 0 Å². The number of hydrogen-bond acceptors (Lipinski definition) is 3. The lowest BCUT2D eigenvalue weighted by Crippen LogP contribution is -2.16. The molecule has 0 spiro atoms. The fourth-order valence-corrected chi connectivity index (χ4v) is 1.15. The van der Waals surface area contributed by atoms with Gasteiger partial charge in [-0.25, -0.2) is 0 Å². The molecule has 1 atom stereocenters. The van der Waals surface area contributed by atoms with Crippen molar-refractivity contribution < 1.29 is 5.11 Å². The largest absolute Gasteiger partial charge is 0.506 e. The highest BCUT2D eigenvalue weighted by Gasteiger charge is 2.11. The van der Waals surface area contributed by atoms with Crippen molar-refractivity contribution in [2.75, 3.05) is 5.73 Å². The Morgan fingerprint density at radius 2 is 1.92 bits per heavy atom. The quantitative estimate of drug-likeness (QED) is 0.478. The molecule has 0 aliphatic heterocycles. The number of hydrogen-bond donors (Lipinski definition) is 3. The maximum absolute atomic E-state index is 9.35. The molecular weight excluding hydrogens is 164 g/mol. The highest BCUT2D eigenvalue weighted by Crippen LogP contribution is 2.26. The zero-order chi connectivity index (χ0) is 10.0. The van der Waals surface area contributed by atoms with E-state index in [9.17, 15) is 5.11 Å². The van der Waals surface area contributed by atoms with Gasteiger partial charge < -0.3 is 16.6 Å². The second-order valence-electron chi connectivity index (χ2n) is 3.59. The van der Waals surface area contributed by atoms with E-state index in [-0.39, 0.29) is 11.8 Å². The van der Waals surface area contributed by atoms with Crippen LogP contribution in [0, 0.1) is 5.92 Å². The summed E-state index contributed by atoms with van der Waals surface area (Å²) in [5, 5.41) is 9.35. The standard InChI is InChI=1S/C10H16N2O/c1-6(2)10(12)7-3-4-8(11)9(13)5-7/h3-6,10,13H,11-12H2,1-2H3/t10-/m0/s1. The third kappa shape index (κ3) is 2.12. The van der Waals surface area contributed by atoms with Crippen LogP contribution in [0.5, 0.6) is 5.75 Å². The second kappa shape index (κ2) is 3.66. The minimum atomic E-state index is -0.0495. The van der Waals surface area contributed by atoms with E-state index in [4.69, 9.17) is 11.5 Å². The summed E-state index contributed by atoms with van der Waals surface area (Å²) < 4.78 is 0. The Hall–Kier alpha value is -1.22. The molecule has 0 aromatic heterocycles. The van der Waals surface area contributed by atoms with Crippen molar-refractivity contribution in [2.24, 2.45) is 11.7 Å². The van der Waals surface area contributed by atoms with Crippen LogP contribution in [0.15, 0.2) is 18.2 Å². The Kier molecular flexibility index (Phi) is 2.78. The van der Waals surface area contributed by atoms with Crippen LogP contribution in [0.2, 0.25) is 0 Å². The smallest absolute Gasteiger partial charge is 0.138 e. The molecule has 0 radical (unpaired) electrons. The Morgan fingerprint density at radius 1 is 1.31 bits per heavy atom. The minimum absolute atomic E-state index is 0.0495. The van der Waals surface area contributed by atoms with E-state index in [0.29, 0.717) is 11.6 Å². The molecular formula is C10H16N2O. The lowest BCUT2D eigenvalue weighted by Gasteiger charge is -2.16. The molecule has 0 saturated carbocycles. The zero-order valence-corrected chi connectivity index (χ0v) is 7.99. The molecule has 3 heteroatoms. The fraction of sp³-hybridized carbons (Fsp3) is 0.400. The monoisotopic (exact) mass is 180 g/mol. The average Bonchev–Trinajstić information content (AvgIpc) is 2.08. The van der Waals surface area contributed by atoms with Crippen LogP contribution in [0.1, 0.15) is 25.5 Å². The molecule has 0 unspecified atom stereocenters. The van der Waals surface area contributed by atoms with Gasteiger partial charge in [-0.05, 0) is 23.6 Å². The highest BCUT2D eigenvalue weighted by molar-refractivity contribution is 5.53. The number of phenols is 1. The Morgan fingerprint density at radius 3 is 2.38 bits per heavy atom. The van der Waals surface area contributed by atoms with E-state index in [2.05, 4.69) is 0 Å². The van der Waals surface area contributed by atoms with Gasteiger partial charge in [0.25, 0.3) is 0 Å². The van der Waals surface area contributed by atoms with Crippen molar-refractivity contribution >= 4 is 5.69 Å². The molecule has 1 aromatic rings. The van der Waals surface area contributed by atoms with Crippen molar-refractivity contribution in [1.82, 2.24) is 0 Å². The second-order valence-corrected chi connectivity index (χ2v) is 3.59. The van der Waals surface area contributed by atoms with Gasteiger partial charge in [0.15, 0.2) is 0 Å². The van der Waals surface area contributed by atoms with E-state index in [1.54, 1.807) is 12.1 Å². The molecule has 5 N–H and O–H groups in total. The summed E-state index contributed by atoms with van der Waals surface area (Å²) in [5.41, 5.74) is 12.7. The molecule has 0 amide bonds. The van der Waals surface area contributed by atoms with Gasteiger partial charge in [0.2, 0.25) is 0 Å². The molecule has 3 nitrogen and oxygen atoms in total. The molecule has 1 aromatic carbocycles. The summed E-state index contributed by atoms with van der Waals surface area (Å²) >= 11 is 0. The highest BCUT2D eigenvalue weighted by atomic mass is 16.3. The van der Waals surface area contributed by atoms with Crippen molar-refractivity contribution in [2.45, 2.75) is 19.9 Å². The fourth-order valence-electron chi connectivity index (χ4n) is 1.15. The van der Waals surface area contributed by atoms with Crippen molar-refractivity contribution in [3.05, 3.63) is 23.8 Å². The number of anilines is 1. The molecule has 0 heterocycles. The normalized spacial score (nSPS) is 13.2. The van der Waals surface area contributed by atoms with Crippen LogP contribution >= 0.6 is 0 Å². The summed E-state index contributed by atoms with van der Waals surface area (Å²) in [7, 11) is 0. The molecule has 0 fully saturated rings. The molecule has 0 saturated heterocycles. The van der Waals surface area contributed by atoms with Gasteiger partial charge in [-0.15, -0.1) is 0 Å². The van der Waals surface area contributed by atoms with Gasteiger partial charge in [-0.1, -0.05) is 19.9 Å². The van der Waals surface area contributed by atoms with Crippen molar-refractivity contribution in [3.63, 3.8) is 0 Å². The summed E-state index contributed by atoms with van der Waals surface area (Å²) in [6.07, 6.45) is 0. The molecule has 13 heavy (non-hydrogen) atoms. The predicted molar refractivity (Wildman–Crippen MR) is 54.3 cm³/mol. The van der Waals surface area contributed by atoms with Crippen molar-refractivity contribution in [1.29, 1.82) is 0 Å². The Balaban J connectivity index is 2.97. The minimum Gasteiger partial charge on any atom is -0.506 e. The topological polar surface area (TPSA) is 72.3 Å². The van der Waals surface area contributed by atoms with Crippen LogP contribution < -0.4 is 11.5 Å². The molecule has 0 aliphatic carbocycles. The van der Waals surface area contributed by atoms with Crippen molar-refractivity contribution in [3.8, 4) is 5.75 Å². The molecule has 1 rings (SSSR count). The van der Waals surface area contributed by atoms with Crippen LogP contribution in [0.25, 0.3) is 0 Å². The number of benzene rings is 1. The number of nitrogen functional groups attached to an aromatic ring is 1. The maximum atomic E-state index is 9.35. The van der Waals surface area contributed by atoms with Gasteiger partial charge in [-0.3, -0.25) is 0 Å². The first kappa shape index (κ1) is 9.86. The Bertz CT molecular complexity index is 297. The summed E-state index contributed by atoms with van der Waals surface area (Å²) in [4.78, 5) is 0.